The lowest BCUT2D eigenvalue weighted by atomic mass is 9.43. The third kappa shape index (κ3) is 2.73. The molecule has 0 unspecified atom stereocenters. The number of esters is 1. The molecule has 0 aromatic rings. The van der Waals surface area contributed by atoms with Gasteiger partial charge in [0.05, 0.1) is 17.8 Å². The van der Waals surface area contributed by atoms with E-state index in [-0.39, 0.29) is 30.0 Å². The van der Waals surface area contributed by atoms with Crippen LogP contribution in [0.3, 0.4) is 0 Å². The van der Waals surface area contributed by atoms with Gasteiger partial charge < -0.3 is 20.1 Å². The summed E-state index contributed by atoms with van der Waals surface area (Å²) in [6.45, 7) is 2.62. The van der Waals surface area contributed by atoms with E-state index in [2.05, 4.69) is 6.92 Å². The van der Waals surface area contributed by atoms with Crippen LogP contribution in [0.5, 0.6) is 0 Å². The van der Waals surface area contributed by atoms with Crippen molar-refractivity contribution in [3.63, 3.8) is 0 Å². The molecule has 0 bridgehead atoms. The maximum absolute atomic E-state index is 12.1. The zero-order valence-corrected chi connectivity index (χ0v) is 17.3. The second-order valence-electron chi connectivity index (χ2n) is 10.7. The number of fused-ring (bicyclic) bond motifs is 5. The van der Waals surface area contributed by atoms with Gasteiger partial charge in [0, 0.05) is 11.5 Å². The average Bonchev–Trinajstić information content (AvgIpc) is 3.25. The Morgan fingerprint density at radius 3 is 2.69 bits per heavy atom. The van der Waals surface area contributed by atoms with Crippen LogP contribution in [0.1, 0.15) is 64.7 Å². The number of aliphatic hydroxyl groups is 3. The van der Waals surface area contributed by atoms with Crippen LogP contribution >= 0.6 is 0 Å². The monoisotopic (exact) mass is 402 g/mol. The average molecular weight is 403 g/mol. The molecule has 0 aromatic carbocycles. The Kier molecular flexibility index (Phi) is 4.54. The van der Waals surface area contributed by atoms with Crippen molar-refractivity contribution >= 4 is 5.97 Å². The molecule has 5 nitrogen and oxygen atoms in total. The molecule has 5 rings (SSSR count). The van der Waals surface area contributed by atoms with E-state index in [1.807, 2.05) is 12.2 Å². The molecule has 0 radical (unpaired) electrons. The molecule has 1 heterocycles. The SMILES string of the molecule is C[C@]12CC[C@H](O)C[C@H]1CC[C@@H]1[C@@H]2C[C@@H](O)[C@]2(/C=C/C3=CC(=O)OC3)CCC[C@]12O. The number of cyclic esters (lactones) is 1. The van der Waals surface area contributed by atoms with E-state index in [0.717, 1.165) is 63.4 Å². The lowest BCUT2D eigenvalue weighted by Gasteiger charge is -2.64. The molecule has 0 saturated heterocycles. The molecule has 8 atom stereocenters. The molecule has 3 N–H and O–H groups in total. The molecular weight excluding hydrogens is 368 g/mol. The highest BCUT2D eigenvalue weighted by Gasteiger charge is 2.68. The first kappa shape index (κ1) is 19.8. The highest BCUT2D eigenvalue weighted by atomic mass is 16.5. The molecule has 0 amide bonds. The van der Waals surface area contributed by atoms with Gasteiger partial charge in [-0.25, -0.2) is 4.79 Å². The van der Waals surface area contributed by atoms with Crippen LogP contribution in [0, 0.1) is 28.6 Å². The molecular formula is C24H34O5. The smallest absolute Gasteiger partial charge is 0.331 e. The predicted octanol–water partition coefficient (Wildman–Crippen LogP) is 2.89. The molecule has 4 aliphatic carbocycles. The minimum absolute atomic E-state index is 0.0888. The predicted molar refractivity (Wildman–Crippen MR) is 108 cm³/mol. The molecule has 4 saturated carbocycles. The van der Waals surface area contributed by atoms with Crippen LogP contribution in [-0.4, -0.2) is 45.7 Å². The number of carbonyl (C=O) groups is 1. The van der Waals surface area contributed by atoms with E-state index in [0.29, 0.717) is 11.8 Å². The van der Waals surface area contributed by atoms with Crippen LogP contribution in [0.25, 0.3) is 0 Å². The largest absolute Gasteiger partial charge is 0.458 e. The van der Waals surface area contributed by atoms with Gasteiger partial charge >= 0.3 is 5.97 Å². The van der Waals surface area contributed by atoms with Gasteiger partial charge in [0.2, 0.25) is 0 Å². The lowest BCUT2D eigenvalue weighted by molar-refractivity contribution is -0.228. The Morgan fingerprint density at radius 1 is 1.10 bits per heavy atom. The van der Waals surface area contributed by atoms with Crippen LogP contribution in [0.2, 0.25) is 0 Å². The fourth-order valence-electron chi connectivity index (χ4n) is 8.00. The topological polar surface area (TPSA) is 87.0 Å². The highest BCUT2D eigenvalue weighted by Crippen LogP contribution is 2.68. The zero-order valence-electron chi connectivity index (χ0n) is 17.3. The fourth-order valence-corrected chi connectivity index (χ4v) is 8.00. The quantitative estimate of drug-likeness (QED) is 0.618. The van der Waals surface area contributed by atoms with Crippen molar-refractivity contribution in [2.24, 2.45) is 28.6 Å². The van der Waals surface area contributed by atoms with Gasteiger partial charge in [0.15, 0.2) is 0 Å². The summed E-state index contributed by atoms with van der Waals surface area (Å²) in [5, 5.41) is 33.8. The Hall–Kier alpha value is -1.17. The van der Waals surface area contributed by atoms with Crippen molar-refractivity contribution in [3.05, 3.63) is 23.8 Å². The van der Waals surface area contributed by atoms with Crippen molar-refractivity contribution in [2.75, 3.05) is 6.61 Å². The number of aliphatic hydroxyl groups excluding tert-OH is 2. The summed E-state index contributed by atoms with van der Waals surface area (Å²) in [7, 11) is 0. The van der Waals surface area contributed by atoms with Crippen molar-refractivity contribution in [1.29, 1.82) is 0 Å². The molecule has 1 aliphatic heterocycles. The Bertz CT molecular complexity index is 758. The highest BCUT2D eigenvalue weighted by molar-refractivity contribution is 5.86. The van der Waals surface area contributed by atoms with Gasteiger partial charge in [0.1, 0.15) is 6.61 Å². The fraction of sp³-hybridized carbons (Fsp3) is 0.792. The van der Waals surface area contributed by atoms with E-state index in [9.17, 15) is 20.1 Å². The maximum Gasteiger partial charge on any atom is 0.331 e. The van der Waals surface area contributed by atoms with Crippen LogP contribution < -0.4 is 0 Å². The molecule has 0 aromatic heterocycles. The number of rotatable bonds is 2. The summed E-state index contributed by atoms with van der Waals surface area (Å²) in [5.41, 5.74) is -0.645. The lowest BCUT2D eigenvalue weighted by Crippen LogP contribution is -2.65. The summed E-state index contributed by atoms with van der Waals surface area (Å²) in [6.07, 6.45) is 12.5. The molecule has 0 spiro atoms. The van der Waals surface area contributed by atoms with Gasteiger partial charge in [-0.1, -0.05) is 19.1 Å². The van der Waals surface area contributed by atoms with E-state index in [1.165, 1.54) is 6.08 Å². The first-order valence-corrected chi connectivity index (χ1v) is 11.4. The van der Waals surface area contributed by atoms with E-state index in [4.69, 9.17) is 4.74 Å². The second-order valence-corrected chi connectivity index (χ2v) is 10.7. The van der Waals surface area contributed by atoms with E-state index in [1.54, 1.807) is 0 Å². The molecule has 29 heavy (non-hydrogen) atoms. The number of hydrogen-bond acceptors (Lipinski definition) is 5. The molecule has 5 aliphatic rings. The van der Waals surface area contributed by atoms with Gasteiger partial charge in [-0.05, 0) is 86.5 Å². The van der Waals surface area contributed by atoms with Crippen LogP contribution in [0.4, 0.5) is 0 Å². The second kappa shape index (κ2) is 6.66. The standard InChI is InChI=1S/C24H34O5/c1-22-9-6-17(25)12-16(22)3-4-18-19(22)13-20(26)23(7-2-8-24(18,23)28)10-5-15-11-21(27)29-14-15/h5,10-11,16-20,25-26,28H,2-4,6-9,12-14H2,1H3/b10-5+/t16-,17+,18-,19+,20-,22+,23-,24+/m1/s1. The summed E-state index contributed by atoms with van der Waals surface area (Å²) in [6, 6.07) is 0. The summed E-state index contributed by atoms with van der Waals surface area (Å²) >= 11 is 0. The zero-order chi connectivity index (χ0) is 20.4. The molecule has 5 heteroatoms. The third-order valence-electron chi connectivity index (χ3n) is 9.58. The Balaban J connectivity index is 1.49. The van der Waals surface area contributed by atoms with E-state index < -0.39 is 17.1 Å². The summed E-state index contributed by atoms with van der Waals surface area (Å²) in [4.78, 5) is 11.4. The maximum atomic E-state index is 12.1. The Morgan fingerprint density at radius 2 is 1.93 bits per heavy atom. The summed E-state index contributed by atoms with van der Waals surface area (Å²) < 4.78 is 5.01. The third-order valence-corrected chi connectivity index (χ3v) is 9.58. The van der Waals surface area contributed by atoms with Gasteiger partial charge in [0.25, 0.3) is 0 Å². The van der Waals surface area contributed by atoms with Crippen molar-refractivity contribution in [3.8, 4) is 0 Å². The van der Waals surface area contributed by atoms with Crippen LogP contribution in [-0.2, 0) is 9.53 Å². The molecule has 4 fully saturated rings. The van der Waals surface area contributed by atoms with Gasteiger partial charge in [-0.15, -0.1) is 0 Å². The van der Waals surface area contributed by atoms with Crippen molar-refractivity contribution in [2.45, 2.75) is 82.5 Å². The van der Waals surface area contributed by atoms with Gasteiger partial charge in [-0.3, -0.25) is 0 Å². The number of hydrogen-bond donors (Lipinski definition) is 3. The minimum atomic E-state index is -0.903. The van der Waals surface area contributed by atoms with Crippen molar-refractivity contribution in [1.82, 2.24) is 0 Å². The first-order chi connectivity index (χ1) is 13.8. The van der Waals surface area contributed by atoms with Gasteiger partial charge in [-0.2, -0.15) is 0 Å². The minimum Gasteiger partial charge on any atom is -0.458 e. The Labute approximate surface area is 172 Å². The normalized spacial score (nSPS) is 51.9. The number of ether oxygens (including phenoxy) is 1. The summed E-state index contributed by atoms with van der Waals surface area (Å²) in [5.74, 6) is 0.646. The van der Waals surface area contributed by atoms with E-state index >= 15 is 0 Å². The molecule has 160 valence electrons. The first-order valence-electron chi connectivity index (χ1n) is 11.4. The van der Waals surface area contributed by atoms with Crippen LogP contribution in [0.15, 0.2) is 23.8 Å². The van der Waals surface area contributed by atoms with Crippen molar-refractivity contribution < 1.29 is 24.9 Å². The number of carbonyl (C=O) groups excluding carboxylic acids is 1.